The van der Waals surface area contributed by atoms with E-state index in [1.54, 1.807) is 13.0 Å². The van der Waals surface area contributed by atoms with Gasteiger partial charge in [0.15, 0.2) is 0 Å². The van der Waals surface area contributed by atoms with Crippen LogP contribution in [-0.2, 0) is 27.8 Å². The van der Waals surface area contributed by atoms with E-state index in [9.17, 15) is 13.2 Å². The van der Waals surface area contributed by atoms with Crippen LogP contribution in [-0.4, -0.2) is 93.4 Å². The van der Waals surface area contributed by atoms with Crippen LogP contribution in [0.2, 0.25) is 5.02 Å². The van der Waals surface area contributed by atoms with E-state index in [0.29, 0.717) is 42.3 Å². The summed E-state index contributed by atoms with van der Waals surface area (Å²) in [5, 5.41) is -0.0586. The number of hydrogen-bond acceptors (Lipinski definition) is 8. The first-order chi connectivity index (χ1) is 24.8. The van der Waals surface area contributed by atoms with E-state index >= 15 is 0 Å². The molecule has 2 aromatic carbocycles. The molecule has 4 aliphatic rings. The Bertz CT molecular complexity index is 1710. The van der Waals surface area contributed by atoms with Gasteiger partial charge in [0.25, 0.3) is 5.91 Å². The van der Waals surface area contributed by atoms with Crippen molar-refractivity contribution < 1.29 is 22.7 Å². The molecule has 52 heavy (non-hydrogen) atoms. The third kappa shape index (κ3) is 8.36. The second-order valence-electron chi connectivity index (χ2n) is 15.9. The Hall–Kier alpha value is -2.63. The molecule has 0 unspecified atom stereocenters. The number of nitrogens with zero attached hydrogens (tertiary/aromatic N) is 3. The maximum Gasteiger partial charge on any atom is 0.264 e. The number of fused-ring (bicyclic) bond motifs is 3. The number of hydrogen-bond donors (Lipinski definition) is 1. The van der Waals surface area contributed by atoms with Gasteiger partial charge in [0.2, 0.25) is 10.0 Å². The third-order valence-electron chi connectivity index (χ3n) is 12.6. The highest BCUT2D eigenvalue weighted by Gasteiger charge is 2.49. The minimum atomic E-state index is -3.95. The molecule has 2 bridgehead atoms. The Balaban J connectivity index is 1.39. The van der Waals surface area contributed by atoms with E-state index < -0.39 is 26.8 Å². The minimum absolute atomic E-state index is 0.219. The van der Waals surface area contributed by atoms with Crippen molar-refractivity contribution in [3.05, 3.63) is 70.3 Å². The molecule has 1 aliphatic carbocycles. The van der Waals surface area contributed by atoms with Gasteiger partial charge in [0.1, 0.15) is 18.0 Å². The van der Waals surface area contributed by atoms with Crippen molar-refractivity contribution in [2.24, 2.45) is 17.8 Å². The van der Waals surface area contributed by atoms with E-state index in [0.717, 1.165) is 87.6 Å². The van der Waals surface area contributed by atoms with Gasteiger partial charge >= 0.3 is 0 Å². The molecule has 1 N–H and O–H groups in total. The molecule has 11 heteroatoms. The maximum atomic E-state index is 13.6. The lowest BCUT2D eigenvalue weighted by Gasteiger charge is -2.53. The molecular weight excluding hydrogens is 696 g/mol. The molecule has 3 aliphatic heterocycles. The number of amides is 1. The highest BCUT2D eigenvalue weighted by atomic mass is 35.5. The number of likely N-dealkylation sites (N-methyl/N-ethyl adjacent to an activating group) is 1. The molecule has 1 amide bonds. The highest BCUT2D eigenvalue weighted by Crippen LogP contribution is 2.47. The van der Waals surface area contributed by atoms with E-state index in [1.807, 2.05) is 44.4 Å². The first-order valence-corrected chi connectivity index (χ1v) is 21.3. The lowest BCUT2D eigenvalue weighted by Crippen LogP contribution is -2.62. The molecule has 2 fully saturated rings. The largest absolute Gasteiger partial charge is 0.487 e. The first kappa shape index (κ1) is 39.1. The summed E-state index contributed by atoms with van der Waals surface area (Å²) < 4.78 is 42.8. The van der Waals surface area contributed by atoms with Gasteiger partial charge in [-0.05, 0) is 125 Å². The number of benzene rings is 2. The minimum Gasteiger partial charge on any atom is -0.487 e. The quantitative estimate of drug-likeness (QED) is 0.337. The second-order valence-corrected chi connectivity index (χ2v) is 18.4. The molecule has 0 spiro atoms. The summed E-state index contributed by atoms with van der Waals surface area (Å²) in [6.07, 6.45) is 9.92. The molecule has 3 heterocycles. The lowest BCUT2D eigenvalue weighted by molar-refractivity contribution is -0.102. The average Bonchev–Trinajstić information content (AvgIpc) is 3.12. The molecule has 9 nitrogen and oxygen atoms in total. The Labute approximate surface area is 317 Å². The number of allylic oxidation sites excluding steroid dienone is 1. The Kier molecular flexibility index (Phi) is 12.3. The van der Waals surface area contributed by atoms with Crippen LogP contribution in [0.1, 0.15) is 88.2 Å². The smallest absolute Gasteiger partial charge is 0.264 e. The molecule has 6 rings (SSSR count). The number of halogens is 1. The number of aryl methyl sites for hydroxylation is 1. The van der Waals surface area contributed by atoms with Crippen molar-refractivity contribution >= 4 is 33.2 Å². The molecule has 2 aromatic rings. The number of ether oxygens (including phenoxy) is 2. The van der Waals surface area contributed by atoms with Crippen LogP contribution in [0.4, 0.5) is 5.69 Å². The van der Waals surface area contributed by atoms with Crippen molar-refractivity contribution in [1.82, 2.24) is 14.5 Å². The predicted octanol–water partition coefficient (Wildman–Crippen LogP) is 6.93. The van der Waals surface area contributed by atoms with Gasteiger partial charge in [-0.15, -0.1) is 0 Å². The van der Waals surface area contributed by atoms with Gasteiger partial charge in [0.05, 0.1) is 10.9 Å². The van der Waals surface area contributed by atoms with Gasteiger partial charge in [-0.1, -0.05) is 43.7 Å². The van der Waals surface area contributed by atoms with E-state index in [4.69, 9.17) is 21.1 Å². The van der Waals surface area contributed by atoms with Gasteiger partial charge < -0.3 is 14.4 Å². The van der Waals surface area contributed by atoms with Crippen LogP contribution in [0.3, 0.4) is 0 Å². The van der Waals surface area contributed by atoms with Crippen molar-refractivity contribution in [3.63, 3.8) is 0 Å². The standard InChI is InChI=1S/C41H59ClN4O5S/c1-7-46-29(3)23-44(24-30(46)4)27-41(50-6)19-10-11-28(2)31(5)52(48,49)43-40(47)33-15-18-39-38(22-33)45(25-34-14-17-37(34)41)20-9-8-12-32-21-36(42)16-13-35(32)26-51-39/h10,13,15-16,18-19,21-22,28-31,34,37H,7-9,11-12,14,17,20,23-27H2,1-6H3,(H,43,47)/b19-10+/t28-,29-,30+,31+,34-,37+,41-/m0/s1. The van der Waals surface area contributed by atoms with Gasteiger partial charge in [-0.3, -0.25) is 14.6 Å². The van der Waals surface area contributed by atoms with Crippen LogP contribution < -0.4 is 14.4 Å². The average molecular weight is 755 g/mol. The molecule has 286 valence electrons. The Morgan fingerprint density at radius 3 is 2.46 bits per heavy atom. The first-order valence-electron chi connectivity index (χ1n) is 19.4. The Morgan fingerprint density at radius 1 is 1.00 bits per heavy atom. The second kappa shape index (κ2) is 16.4. The molecular formula is C41H59ClN4O5S. The zero-order chi connectivity index (χ0) is 37.2. The zero-order valence-electron chi connectivity index (χ0n) is 31.9. The summed E-state index contributed by atoms with van der Waals surface area (Å²) in [5.41, 5.74) is 2.87. The molecule has 0 aromatic heterocycles. The van der Waals surface area contributed by atoms with Crippen molar-refractivity contribution in [3.8, 4) is 5.75 Å². The number of carbonyl (C=O) groups excluding carboxylic acids is 1. The van der Waals surface area contributed by atoms with E-state index in [-0.39, 0.29) is 11.8 Å². The normalized spacial score (nSPS) is 32.6. The van der Waals surface area contributed by atoms with Crippen LogP contribution in [0.25, 0.3) is 0 Å². The predicted molar refractivity (Wildman–Crippen MR) is 210 cm³/mol. The van der Waals surface area contributed by atoms with Gasteiger partial charge in [0, 0.05) is 62.5 Å². The van der Waals surface area contributed by atoms with Crippen molar-refractivity contribution in [1.29, 1.82) is 0 Å². The summed E-state index contributed by atoms with van der Waals surface area (Å²) in [6.45, 7) is 16.2. The lowest BCUT2D eigenvalue weighted by atomic mass is 9.63. The number of methoxy groups -OCH3 is 1. The summed E-state index contributed by atoms with van der Waals surface area (Å²) in [6, 6.07) is 12.2. The SMILES string of the molecule is CCN1[C@H](C)CN(C[C@@]2(OC)/C=C/C[C@H](C)[C@@H](C)S(=O)(=O)NC(=O)c3ccc4c(c3)N(CCCCc3cc(Cl)ccc3CO4)C[C@@H]3CC[C@H]32)C[C@@H]1C. The van der Waals surface area contributed by atoms with Crippen LogP contribution in [0, 0.1) is 17.8 Å². The fraction of sp³-hybridized carbons (Fsp3) is 0.634. The number of nitrogens with one attached hydrogen (secondary N) is 1. The van der Waals surface area contributed by atoms with Gasteiger partial charge in [-0.2, -0.15) is 0 Å². The summed E-state index contributed by atoms with van der Waals surface area (Å²) in [7, 11) is -2.10. The van der Waals surface area contributed by atoms with Crippen LogP contribution in [0.15, 0.2) is 48.6 Å². The number of rotatable bonds is 4. The molecule has 1 saturated heterocycles. The summed E-state index contributed by atoms with van der Waals surface area (Å²) >= 11 is 6.41. The Morgan fingerprint density at radius 2 is 1.77 bits per heavy atom. The third-order valence-corrected chi connectivity index (χ3v) is 14.7. The van der Waals surface area contributed by atoms with Crippen LogP contribution in [0.5, 0.6) is 5.75 Å². The van der Waals surface area contributed by atoms with Crippen molar-refractivity contribution in [2.45, 2.75) is 103 Å². The fourth-order valence-corrected chi connectivity index (χ4v) is 10.7. The number of carbonyl (C=O) groups is 1. The van der Waals surface area contributed by atoms with E-state index in [2.05, 4.69) is 52.3 Å². The summed E-state index contributed by atoms with van der Waals surface area (Å²) in [5.74, 6) is 0.463. The zero-order valence-corrected chi connectivity index (χ0v) is 33.5. The van der Waals surface area contributed by atoms with Crippen molar-refractivity contribution in [2.75, 3.05) is 51.3 Å². The van der Waals surface area contributed by atoms with Crippen LogP contribution >= 0.6 is 11.6 Å². The van der Waals surface area contributed by atoms with E-state index in [1.165, 1.54) is 5.56 Å². The molecule has 1 saturated carbocycles. The molecule has 0 radical (unpaired) electrons. The highest BCUT2D eigenvalue weighted by molar-refractivity contribution is 7.90. The molecule has 7 atom stereocenters. The number of sulfonamides is 1. The topological polar surface area (TPSA) is 91.4 Å². The maximum absolute atomic E-state index is 13.6. The number of anilines is 1. The summed E-state index contributed by atoms with van der Waals surface area (Å²) in [4.78, 5) is 21.2. The van der Waals surface area contributed by atoms with Gasteiger partial charge in [-0.25, -0.2) is 13.1 Å². The monoisotopic (exact) mass is 754 g/mol. The fourth-order valence-electron chi connectivity index (χ4n) is 9.20. The number of piperazine rings is 1.